The number of hydrogen-bond donors (Lipinski definition) is 0. The summed E-state index contributed by atoms with van der Waals surface area (Å²) in [5, 5.41) is 4.79. The third-order valence-electron chi connectivity index (χ3n) is 5.98. The van der Waals surface area contributed by atoms with Crippen LogP contribution in [-0.4, -0.2) is 70.5 Å². The summed E-state index contributed by atoms with van der Waals surface area (Å²) in [6.07, 6.45) is 3.66. The van der Waals surface area contributed by atoms with Crippen molar-refractivity contribution >= 4 is 50.3 Å². The Balaban J connectivity index is 1.54. The largest absolute Gasteiger partial charge is 0.379 e. The molecule has 0 bridgehead atoms. The maximum atomic E-state index is 13.0. The number of thiocarbonyl (C=S) groups is 1. The molecular formula is C25H24N4O4S3. The molecule has 0 N–H and O–H groups in total. The van der Waals surface area contributed by atoms with E-state index in [1.54, 1.807) is 39.9 Å². The van der Waals surface area contributed by atoms with Gasteiger partial charge in [-0.15, -0.1) is 0 Å². The van der Waals surface area contributed by atoms with Gasteiger partial charge in [-0.1, -0.05) is 54.3 Å². The van der Waals surface area contributed by atoms with Crippen molar-refractivity contribution < 1.29 is 17.9 Å². The molecule has 3 heterocycles. The van der Waals surface area contributed by atoms with Gasteiger partial charge in [0, 0.05) is 37.0 Å². The number of morpholine rings is 1. The van der Waals surface area contributed by atoms with Crippen molar-refractivity contribution in [2.45, 2.75) is 11.8 Å². The van der Waals surface area contributed by atoms with Crippen molar-refractivity contribution in [3.63, 3.8) is 0 Å². The van der Waals surface area contributed by atoms with E-state index in [-0.39, 0.29) is 10.8 Å². The number of likely N-dealkylation sites (N-methyl/N-ethyl adjacent to an activating group) is 1. The van der Waals surface area contributed by atoms with Gasteiger partial charge in [0.1, 0.15) is 4.32 Å². The van der Waals surface area contributed by atoms with Gasteiger partial charge in [0.25, 0.3) is 5.91 Å². The molecule has 2 saturated heterocycles. The Morgan fingerprint density at radius 3 is 2.42 bits per heavy atom. The van der Waals surface area contributed by atoms with E-state index in [9.17, 15) is 13.2 Å². The number of hydrogen-bond acceptors (Lipinski definition) is 7. The number of aromatic nitrogens is 2. The Hall–Kier alpha value is -2.83. The first-order chi connectivity index (χ1) is 17.4. The fourth-order valence-electron chi connectivity index (χ4n) is 4.06. The van der Waals surface area contributed by atoms with Crippen molar-refractivity contribution in [3.05, 3.63) is 71.3 Å². The minimum Gasteiger partial charge on any atom is -0.379 e. The molecule has 8 nitrogen and oxygen atoms in total. The molecule has 5 rings (SSSR count). The summed E-state index contributed by atoms with van der Waals surface area (Å²) >= 11 is 6.63. The van der Waals surface area contributed by atoms with E-state index >= 15 is 0 Å². The monoisotopic (exact) mass is 540 g/mol. The number of rotatable bonds is 6. The van der Waals surface area contributed by atoms with E-state index in [0.717, 1.165) is 16.8 Å². The highest BCUT2D eigenvalue weighted by Crippen LogP contribution is 2.35. The Bertz CT molecular complexity index is 1430. The maximum absolute atomic E-state index is 13.0. The predicted octanol–water partition coefficient (Wildman–Crippen LogP) is 3.78. The quantitative estimate of drug-likeness (QED) is 0.348. The summed E-state index contributed by atoms with van der Waals surface area (Å²) in [5.41, 5.74) is 2.98. The third-order valence-corrected chi connectivity index (χ3v) is 9.27. The zero-order valence-electron chi connectivity index (χ0n) is 19.5. The van der Waals surface area contributed by atoms with Crippen LogP contribution in [0.4, 0.5) is 0 Å². The van der Waals surface area contributed by atoms with Gasteiger partial charge in [-0.25, -0.2) is 13.1 Å². The third kappa shape index (κ3) is 4.76. The molecule has 11 heteroatoms. The maximum Gasteiger partial charge on any atom is 0.266 e. The zero-order valence-corrected chi connectivity index (χ0v) is 22.0. The molecule has 0 unspecified atom stereocenters. The van der Waals surface area contributed by atoms with Crippen molar-refractivity contribution in [2.24, 2.45) is 0 Å². The van der Waals surface area contributed by atoms with Crippen LogP contribution in [0.1, 0.15) is 12.5 Å². The first-order valence-electron chi connectivity index (χ1n) is 11.5. The lowest BCUT2D eigenvalue weighted by Gasteiger charge is -2.26. The van der Waals surface area contributed by atoms with Crippen LogP contribution in [0.5, 0.6) is 0 Å². The topological polar surface area (TPSA) is 84.7 Å². The van der Waals surface area contributed by atoms with Gasteiger partial charge in [0.15, 0.2) is 0 Å². The van der Waals surface area contributed by atoms with Crippen LogP contribution in [0.3, 0.4) is 0 Å². The van der Waals surface area contributed by atoms with E-state index in [0.29, 0.717) is 47.8 Å². The predicted molar refractivity (Wildman–Crippen MR) is 144 cm³/mol. The Labute approximate surface area is 219 Å². The molecule has 0 saturated carbocycles. The number of thioether (sulfide) groups is 1. The molecule has 2 aromatic carbocycles. The summed E-state index contributed by atoms with van der Waals surface area (Å²) in [6.45, 7) is 3.86. The Kier molecular flexibility index (Phi) is 7.09. The molecule has 3 aromatic rings. The van der Waals surface area contributed by atoms with Crippen LogP contribution in [0.15, 0.2) is 70.6 Å². The van der Waals surface area contributed by atoms with Gasteiger partial charge in [0.2, 0.25) is 10.0 Å². The first-order valence-corrected chi connectivity index (χ1v) is 14.1. The fourth-order valence-corrected chi connectivity index (χ4v) is 6.85. The molecule has 0 atom stereocenters. The molecule has 0 spiro atoms. The van der Waals surface area contributed by atoms with Crippen molar-refractivity contribution in [2.75, 3.05) is 32.8 Å². The van der Waals surface area contributed by atoms with Gasteiger partial charge in [-0.3, -0.25) is 9.69 Å². The first kappa shape index (κ1) is 24.8. The average Bonchev–Trinajstić information content (AvgIpc) is 3.45. The summed E-state index contributed by atoms with van der Waals surface area (Å²) < 4.78 is 35.1. The van der Waals surface area contributed by atoms with E-state index in [4.69, 9.17) is 22.1 Å². The van der Waals surface area contributed by atoms with Crippen LogP contribution in [0.2, 0.25) is 0 Å². The highest BCUT2D eigenvalue weighted by Gasteiger charge is 2.31. The van der Waals surface area contributed by atoms with E-state index in [1.165, 1.54) is 16.1 Å². The average molecular weight is 541 g/mol. The molecule has 0 aliphatic carbocycles. The van der Waals surface area contributed by atoms with E-state index in [2.05, 4.69) is 0 Å². The van der Waals surface area contributed by atoms with Gasteiger partial charge in [-0.2, -0.15) is 9.40 Å². The highest BCUT2D eigenvalue weighted by molar-refractivity contribution is 8.26. The number of sulfonamides is 1. The lowest BCUT2D eigenvalue weighted by Crippen LogP contribution is -2.40. The highest BCUT2D eigenvalue weighted by atomic mass is 32.2. The number of benzene rings is 2. The van der Waals surface area contributed by atoms with Gasteiger partial charge in [0.05, 0.1) is 34.4 Å². The summed E-state index contributed by atoms with van der Waals surface area (Å²) in [5.74, 6) is -0.127. The molecule has 186 valence electrons. The lowest BCUT2D eigenvalue weighted by atomic mass is 10.1. The Morgan fingerprint density at radius 1 is 1.08 bits per heavy atom. The van der Waals surface area contributed by atoms with Gasteiger partial charge < -0.3 is 4.74 Å². The molecule has 1 aromatic heterocycles. The second-order valence-corrected chi connectivity index (χ2v) is 11.8. The molecule has 2 aliphatic heterocycles. The van der Waals surface area contributed by atoms with Gasteiger partial charge >= 0.3 is 0 Å². The van der Waals surface area contributed by atoms with Crippen molar-refractivity contribution in [1.82, 2.24) is 19.0 Å². The standard InChI is InChI=1S/C25H24N4O4S3/c1-2-28-24(30)22(35-25(28)34)16-19-17-29(20-6-4-3-5-7-20)26-23(19)18-8-10-21(11-9-18)36(31,32)27-12-14-33-15-13-27/h3-11,16-17H,2,12-15H2,1H3/b22-16-. The number of carbonyl (C=O) groups excluding carboxylic acids is 1. The molecular weight excluding hydrogens is 517 g/mol. The second-order valence-electron chi connectivity index (χ2n) is 8.18. The van der Waals surface area contributed by atoms with Crippen molar-refractivity contribution in [3.8, 4) is 16.9 Å². The molecule has 1 amide bonds. The number of carbonyl (C=O) groups is 1. The summed E-state index contributed by atoms with van der Waals surface area (Å²) in [7, 11) is -3.60. The number of nitrogens with zero attached hydrogens (tertiary/aromatic N) is 4. The van der Waals surface area contributed by atoms with Crippen LogP contribution in [0.25, 0.3) is 23.0 Å². The minimum atomic E-state index is -3.60. The van der Waals surface area contributed by atoms with Crippen LogP contribution in [-0.2, 0) is 19.6 Å². The van der Waals surface area contributed by atoms with Crippen LogP contribution < -0.4 is 0 Å². The number of para-hydroxylation sites is 1. The molecule has 0 radical (unpaired) electrons. The second kappa shape index (κ2) is 10.3. The summed E-state index contributed by atoms with van der Waals surface area (Å²) in [4.78, 5) is 15.1. The lowest BCUT2D eigenvalue weighted by molar-refractivity contribution is -0.121. The van der Waals surface area contributed by atoms with E-state index < -0.39 is 10.0 Å². The summed E-state index contributed by atoms with van der Waals surface area (Å²) in [6, 6.07) is 16.4. The molecule has 2 aliphatic rings. The fraction of sp³-hybridized carbons (Fsp3) is 0.240. The number of amides is 1. The van der Waals surface area contributed by atoms with Crippen LogP contribution in [0, 0.1) is 0 Å². The van der Waals surface area contributed by atoms with Gasteiger partial charge in [-0.05, 0) is 37.3 Å². The Morgan fingerprint density at radius 2 is 1.78 bits per heavy atom. The smallest absolute Gasteiger partial charge is 0.266 e. The minimum absolute atomic E-state index is 0.127. The number of ether oxygens (including phenoxy) is 1. The van der Waals surface area contributed by atoms with Crippen LogP contribution >= 0.6 is 24.0 Å². The SMILES string of the molecule is CCN1C(=O)/C(=C/c2cn(-c3ccccc3)nc2-c2ccc(S(=O)(=O)N3CCOCC3)cc2)SC1=S. The normalized spacial score (nSPS) is 18.4. The zero-order chi connectivity index (χ0) is 25.3. The van der Waals surface area contributed by atoms with Crippen molar-refractivity contribution in [1.29, 1.82) is 0 Å². The molecule has 36 heavy (non-hydrogen) atoms. The molecule has 2 fully saturated rings. The van der Waals surface area contributed by atoms with E-state index in [1.807, 2.05) is 43.5 Å².